The monoisotopic (exact) mass is 296 g/mol. The van der Waals surface area contributed by atoms with Gasteiger partial charge in [-0.2, -0.15) is 0 Å². The standard InChI is InChI=1S/C17H16N2O3/c1-17(2)13-8-4-3-7-12(13)15(20)19(17)10-11-6-5-9-14(18-11)16(21)22/h3-9H,10H2,1-2H3,(H,21,22). The molecule has 2 aromatic rings. The van der Waals surface area contributed by atoms with Crippen molar-refractivity contribution in [3.63, 3.8) is 0 Å². The van der Waals surface area contributed by atoms with E-state index in [4.69, 9.17) is 5.11 Å². The van der Waals surface area contributed by atoms with E-state index in [0.717, 1.165) is 5.56 Å². The maximum atomic E-state index is 12.6. The summed E-state index contributed by atoms with van der Waals surface area (Å²) in [5.74, 6) is -1.12. The number of pyridine rings is 1. The van der Waals surface area contributed by atoms with Gasteiger partial charge < -0.3 is 10.0 Å². The molecule has 0 spiro atoms. The van der Waals surface area contributed by atoms with Gasteiger partial charge in [0.2, 0.25) is 0 Å². The van der Waals surface area contributed by atoms with Crippen LogP contribution >= 0.6 is 0 Å². The number of nitrogens with zero attached hydrogens (tertiary/aromatic N) is 2. The fourth-order valence-corrected chi connectivity index (χ4v) is 2.87. The van der Waals surface area contributed by atoms with E-state index in [0.29, 0.717) is 11.3 Å². The molecule has 5 nitrogen and oxygen atoms in total. The lowest BCUT2D eigenvalue weighted by Gasteiger charge is -2.32. The minimum Gasteiger partial charge on any atom is -0.477 e. The Labute approximate surface area is 128 Å². The summed E-state index contributed by atoms with van der Waals surface area (Å²) in [5, 5.41) is 9.02. The number of carboxylic acids is 1. The van der Waals surface area contributed by atoms with Crippen LogP contribution in [0, 0.1) is 0 Å². The number of carbonyl (C=O) groups excluding carboxylic acids is 1. The van der Waals surface area contributed by atoms with Gasteiger partial charge in [-0.25, -0.2) is 9.78 Å². The van der Waals surface area contributed by atoms with Crippen LogP contribution in [0.1, 0.15) is 46.0 Å². The Bertz CT molecular complexity index is 768. The summed E-state index contributed by atoms with van der Waals surface area (Å²) < 4.78 is 0. The largest absolute Gasteiger partial charge is 0.477 e. The normalized spacial score (nSPS) is 15.7. The van der Waals surface area contributed by atoms with E-state index in [2.05, 4.69) is 4.98 Å². The van der Waals surface area contributed by atoms with Gasteiger partial charge in [0, 0.05) is 5.56 Å². The third-order valence-electron chi connectivity index (χ3n) is 4.08. The van der Waals surface area contributed by atoms with Crippen molar-refractivity contribution in [2.75, 3.05) is 0 Å². The number of amides is 1. The van der Waals surface area contributed by atoms with E-state index >= 15 is 0 Å². The molecule has 1 aliphatic heterocycles. The van der Waals surface area contributed by atoms with Crippen molar-refractivity contribution in [3.8, 4) is 0 Å². The number of hydrogen-bond donors (Lipinski definition) is 1. The number of benzene rings is 1. The van der Waals surface area contributed by atoms with Gasteiger partial charge in [-0.05, 0) is 37.6 Å². The Balaban J connectivity index is 1.95. The lowest BCUT2D eigenvalue weighted by Crippen LogP contribution is -2.38. The number of carbonyl (C=O) groups is 2. The molecule has 3 rings (SSSR count). The van der Waals surface area contributed by atoms with Crippen LogP contribution in [-0.2, 0) is 12.1 Å². The molecule has 0 aliphatic carbocycles. The highest BCUT2D eigenvalue weighted by molar-refractivity contribution is 5.99. The third-order valence-corrected chi connectivity index (χ3v) is 4.08. The lowest BCUT2D eigenvalue weighted by atomic mass is 9.94. The lowest BCUT2D eigenvalue weighted by molar-refractivity contribution is 0.0591. The molecule has 0 unspecified atom stereocenters. The minimum absolute atomic E-state index is 0.0144. The van der Waals surface area contributed by atoms with Crippen molar-refractivity contribution >= 4 is 11.9 Å². The first-order chi connectivity index (χ1) is 10.4. The Morgan fingerprint density at radius 1 is 1.18 bits per heavy atom. The quantitative estimate of drug-likeness (QED) is 0.945. The zero-order valence-electron chi connectivity index (χ0n) is 12.4. The zero-order valence-corrected chi connectivity index (χ0v) is 12.4. The van der Waals surface area contributed by atoms with Crippen LogP contribution < -0.4 is 0 Å². The smallest absolute Gasteiger partial charge is 0.354 e. The summed E-state index contributed by atoms with van der Waals surface area (Å²) in [6.45, 7) is 4.25. The molecule has 1 N–H and O–H groups in total. The molecule has 0 bridgehead atoms. The summed E-state index contributed by atoms with van der Waals surface area (Å²) in [6, 6.07) is 12.4. The van der Waals surface area contributed by atoms with E-state index in [1.54, 1.807) is 17.0 Å². The average molecular weight is 296 g/mol. The molecule has 0 saturated carbocycles. The molecule has 0 atom stereocenters. The van der Waals surface area contributed by atoms with Crippen LogP contribution in [0.25, 0.3) is 0 Å². The second-order valence-electron chi connectivity index (χ2n) is 5.82. The van der Waals surface area contributed by atoms with Crippen LogP contribution in [0.2, 0.25) is 0 Å². The summed E-state index contributed by atoms with van der Waals surface area (Å²) in [5.41, 5.74) is 1.78. The number of aromatic nitrogens is 1. The van der Waals surface area contributed by atoms with Gasteiger partial charge >= 0.3 is 5.97 Å². The molecular formula is C17H16N2O3. The van der Waals surface area contributed by atoms with Gasteiger partial charge in [0.15, 0.2) is 0 Å². The number of carboxylic acid groups (broad SMARTS) is 1. The number of hydrogen-bond acceptors (Lipinski definition) is 3. The summed E-state index contributed by atoms with van der Waals surface area (Å²) in [4.78, 5) is 29.5. The molecule has 1 aromatic carbocycles. The van der Waals surface area contributed by atoms with E-state index in [1.807, 2.05) is 38.1 Å². The maximum absolute atomic E-state index is 12.6. The van der Waals surface area contributed by atoms with Crippen LogP contribution in [0.15, 0.2) is 42.5 Å². The van der Waals surface area contributed by atoms with Crippen LogP contribution in [0.4, 0.5) is 0 Å². The SMILES string of the molecule is CC1(C)c2ccccc2C(=O)N1Cc1cccc(C(=O)O)n1. The fraction of sp³-hybridized carbons (Fsp3) is 0.235. The van der Waals surface area contributed by atoms with Crippen molar-refractivity contribution in [3.05, 3.63) is 65.0 Å². The predicted molar refractivity (Wildman–Crippen MR) is 80.5 cm³/mol. The third kappa shape index (κ3) is 2.15. The maximum Gasteiger partial charge on any atom is 0.354 e. The van der Waals surface area contributed by atoms with Crippen LogP contribution in [-0.4, -0.2) is 26.9 Å². The predicted octanol–water partition coefficient (Wildman–Crippen LogP) is 2.67. The van der Waals surface area contributed by atoms with Gasteiger partial charge in [0.25, 0.3) is 5.91 Å². The molecule has 0 fully saturated rings. The first-order valence-corrected chi connectivity index (χ1v) is 7.02. The van der Waals surface area contributed by atoms with Gasteiger partial charge in [-0.1, -0.05) is 24.3 Å². The molecule has 1 aliphatic rings. The number of fused-ring (bicyclic) bond motifs is 1. The Hall–Kier alpha value is -2.69. The summed E-state index contributed by atoms with van der Waals surface area (Å²) in [6.07, 6.45) is 0. The Morgan fingerprint density at radius 3 is 2.59 bits per heavy atom. The van der Waals surface area contributed by atoms with Gasteiger partial charge in [0.05, 0.1) is 17.8 Å². The van der Waals surface area contributed by atoms with E-state index < -0.39 is 11.5 Å². The molecule has 0 radical (unpaired) electrons. The number of rotatable bonds is 3. The highest BCUT2D eigenvalue weighted by Crippen LogP contribution is 2.39. The summed E-state index contributed by atoms with van der Waals surface area (Å²) in [7, 11) is 0. The Kier molecular flexibility index (Phi) is 3.20. The molecular weight excluding hydrogens is 280 g/mol. The molecule has 112 valence electrons. The second-order valence-corrected chi connectivity index (χ2v) is 5.82. The van der Waals surface area contributed by atoms with Crippen molar-refractivity contribution < 1.29 is 14.7 Å². The van der Waals surface area contributed by atoms with Crippen molar-refractivity contribution in [1.82, 2.24) is 9.88 Å². The molecule has 2 heterocycles. The van der Waals surface area contributed by atoms with Crippen molar-refractivity contribution in [2.24, 2.45) is 0 Å². The van der Waals surface area contributed by atoms with Gasteiger partial charge in [-0.3, -0.25) is 4.79 Å². The topological polar surface area (TPSA) is 70.5 Å². The first kappa shape index (κ1) is 14.3. The van der Waals surface area contributed by atoms with Crippen LogP contribution in [0.5, 0.6) is 0 Å². The minimum atomic E-state index is -1.07. The second kappa shape index (κ2) is 4.94. The summed E-state index contributed by atoms with van der Waals surface area (Å²) >= 11 is 0. The van der Waals surface area contributed by atoms with Crippen molar-refractivity contribution in [1.29, 1.82) is 0 Å². The molecule has 0 saturated heterocycles. The highest BCUT2D eigenvalue weighted by Gasteiger charge is 2.42. The van der Waals surface area contributed by atoms with Gasteiger partial charge in [-0.15, -0.1) is 0 Å². The van der Waals surface area contributed by atoms with Crippen molar-refractivity contribution in [2.45, 2.75) is 25.9 Å². The van der Waals surface area contributed by atoms with Crippen LogP contribution in [0.3, 0.4) is 0 Å². The highest BCUT2D eigenvalue weighted by atomic mass is 16.4. The van der Waals surface area contributed by atoms with Gasteiger partial charge in [0.1, 0.15) is 5.69 Å². The van der Waals surface area contributed by atoms with E-state index in [-0.39, 0.29) is 18.1 Å². The van der Waals surface area contributed by atoms with E-state index in [1.165, 1.54) is 6.07 Å². The molecule has 1 amide bonds. The number of aromatic carboxylic acids is 1. The Morgan fingerprint density at radius 2 is 1.91 bits per heavy atom. The molecule has 22 heavy (non-hydrogen) atoms. The molecule has 1 aromatic heterocycles. The zero-order chi connectivity index (χ0) is 15.9. The van der Waals surface area contributed by atoms with E-state index in [9.17, 15) is 9.59 Å². The average Bonchev–Trinajstić information content (AvgIpc) is 2.69. The first-order valence-electron chi connectivity index (χ1n) is 7.02. The fourth-order valence-electron chi connectivity index (χ4n) is 2.87. The molecule has 5 heteroatoms.